The van der Waals surface area contributed by atoms with Crippen LogP contribution in [0.15, 0.2) is 71.9 Å². The third-order valence-electron chi connectivity index (χ3n) is 4.50. The Morgan fingerprint density at radius 2 is 1.93 bits per heavy atom. The number of nitro groups is 1. The molecule has 0 radical (unpaired) electrons. The molecular formula is C20H12N6O3S. The summed E-state index contributed by atoms with van der Waals surface area (Å²) in [4.78, 5) is 27.9. The molecule has 0 amide bonds. The van der Waals surface area contributed by atoms with Crippen molar-refractivity contribution in [1.29, 1.82) is 0 Å². The van der Waals surface area contributed by atoms with E-state index < -0.39 is 4.92 Å². The summed E-state index contributed by atoms with van der Waals surface area (Å²) in [6, 6.07) is 15.7. The van der Waals surface area contributed by atoms with E-state index >= 15 is 0 Å². The fourth-order valence-electron chi connectivity index (χ4n) is 3.12. The molecule has 5 aromatic rings. The Balaban J connectivity index is 1.74. The number of hydrogen-bond donors (Lipinski definition) is 0. The van der Waals surface area contributed by atoms with Crippen molar-refractivity contribution in [1.82, 2.24) is 24.4 Å². The SMILES string of the molecule is O=c1/c(=C/c2cn(-c3ccccc3)nc2-c2cccc([N+](=O)[O-])c2)sc2ncnn12. The highest BCUT2D eigenvalue weighted by atomic mass is 32.1. The maximum absolute atomic E-state index is 12.6. The number of hydrogen-bond acceptors (Lipinski definition) is 7. The number of rotatable bonds is 4. The number of para-hydroxylation sites is 1. The summed E-state index contributed by atoms with van der Waals surface area (Å²) in [6.07, 6.45) is 4.84. The summed E-state index contributed by atoms with van der Waals surface area (Å²) in [7, 11) is 0. The van der Waals surface area contributed by atoms with Crippen LogP contribution in [0.1, 0.15) is 5.56 Å². The number of fused-ring (bicyclic) bond motifs is 1. The van der Waals surface area contributed by atoms with Gasteiger partial charge >= 0.3 is 0 Å². The Morgan fingerprint density at radius 1 is 1.10 bits per heavy atom. The van der Waals surface area contributed by atoms with Crippen LogP contribution < -0.4 is 10.1 Å². The van der Waals surface area contributed by atoms with E-state index in [1.807, 2.05) is 30.3 Å². The van der Waals surface area contributed by atoms with Crippen molar-refractivity contribution in [3.8, 4) is 16.9 Å². The molecule has 3 heterocycles. The maximum Gasteiger partial charge on any atom is 0.291 e. The minimum Gasteiger partial charge on any atom is -0.266 e. The first-order valence-corrected chi connectivity index (χ1v) is 9.66. The largest absolute Gasteiger partial charge is 0.291 e. The van der Waals surface area contributed by atoms with Gasteiger partial charge in [-0.1, -0.05) is 41.7 Å². The second-order valence-corrected chi connectivity index (χ2v) is 7.40. The van der Waals surface area contributed by atoms with Gasteiger partial charge in [0.15, 0.2) is 0 Å². The highest BCUT2D eigenvalue weighted by Gasteiger charge is 2.15. The third kappa shape index (κ3) is 3.05. The summed E-state index contributed by atoms with van der Waals surface area (Å²) in [6.45, 7) is 0. The molecule has 0 aliphatic heterocycles. The van der Waals surface area contributed by atoms with E-state index in [2.05, 4.69) is 15.2 Å². The molecule has 0 bridgehead atoms. The zero-order valence-corrected chi connectivity index (χ0v) is 16.1. The number of nitro benzene ring substituents is 1. The fraction of sp³-hybridized carbons (Fsp3) is 0. The average molecular weight is 416 g/mol. The maximum atomic E-state index is 12.6. The molecule has 5 rings (SSSR count). The van der Waals surface area contributed by atoms with Gasteiger partial charge in [-0.25, -0.2) is 9.67 Å². The molecule has 2 aromatic carbocycles. The van der Waals surface area contributed by atoms with E-state index in [0.717, 1.165) is 5.69 Å². The van der Waals surface area contributed by atoms with Gasteiger partial charge in [0.1, 0.15) is 12.0 Å². The molecule has 0 saturated heterocycles. The lowest BCUT2D eigenvalue weighted by Gasteiger charge is -2.00. The molecule has 0 spiro atoms. The van der Waals surface area contributed by atoms with Crippen molar-refractivity contribution >= 4 is 28.1 Å². The Bertz CT molecular complexity index is 1500. The second-order valence-electron chi connectivity index (χ2n) is 6.39. The average Bonchev–Trinajstić information content (AvgIpc) is 3.47. The molecule has 0 saturated carbocycles. The lowest BCUT2D eigenvalue weighted by molar-refractivity contribution is -0.384. The second kappa shape index (κ2) is 7.01. The van der Waals surface area contributed by atoms with Crippen LogP contribution in [0.2, 0.25) is 0 Å². The van der Waals surface area contributed by atoms with Gasteiger partial charge in [-0.05, 0) is 18.2 Å². The first-order valence-electron chi connectivity index (χ1n) is 8.84. The monoisotopic (exact) mass is 416 g/mol. The minimum absolute atomic E-state index is 0.0315. The van der Waals surface area contributed by atoms with Gasteiger partial charge in [-0.3, -0.25) is 14.9 Å². The van der Waals surface area contributed by atoms with Crippen molar-refractivity contribution in [2.75, 3.05) is 0 Å². The van der Waals surface area contributed by atoms with E-state index in [-0.39, 0.29) is 11.2 Å². The van der Waals surface area contributed by atoms with Crippen molar-refractivity contribution in [2.24, 2.45) is 0 Å². The van der Waals surface area contributed by atoms with Crippen molar-refractivity contribution in [2.45, 2.75) is 0 Å². The molecule has 146 valence electrons. The number of thiazole rings is 1. The fourth-order valence-corrected chi connectivity index (χ4v) is 3.99. The standard InChI is InChI=1S/C20H12N6O3S/c27-19-17(30-20-21-12-22-25(19)20)10-14-11-24(15-6-2-1-3-7-15)23-18(14)13-5-4-8-16(9-13)26(28)29/h1-12H/b17-10-. The highest BCUT2D eigenvalue weighted by molar-refractivity contribution is 7.15. The Hall–Kier alpha value is -4.18. The van der Waals surface area contributed by atoms with Gasteiger partial charge in [0.25, 0.3) is 11.2 Å². The molecule has 0 N–H and O–H groups in total. The Kier molecular flexibility index (Phi) is 4.18. The van der Waals surface area contributed by atoms with E-state index in [1.165, 1.54) is 34.3 Å². The van der Waals surface area contributed by atoms with Gasteiger partial charge in [0.05, 0.1) is 15.1 Å². The smallest absolute Gasteiger partial charge is 0.266 e. The summed E-state index contributed by atoms with van der Waals surface area (Å²) in [5.41, 5.74) is 2.29. The Labute approximate surface area is 172 Å². The van der Waals surface area contributed by atoms with E-state index in [9.17, 15) is 14.9 Å². The summed E-state index contributed by atoms with van der Waals surface area (Å²) >= 11 is 1.22. The zero-order chi connectivity index (χ0) is 20.7. The van der Waals surface area contributed by atoms with Crippen LogP contribution in [0.5, 0.6) is 0 Å². The molecule has 0 unspecified atom stereocenters. The molecule has 3 aromatic heterocycles. The third-order valence-corrected chi connectivity index (χ3v) is 5.47. The highest BCUT2D eigenvalue weighted by Crippen LogP contribution is 2.27. The molecule has 10 heteroatoms. The van der Waals surface area contributed by atoms with Gasteiger partial charge < -0.3 is 0 Å². The topological polar surface area (TPSA) is 108 Å². The van der Waals surface area contributed by atoms with Crippen LogP contribution in [0.25, 0.3) is 28.0 Å². The molecule has 9 nitrogen and oxygen atoms in total. The van der Waals surface area contributed by atoms with Gasteiger partial charge in [-0.15, -0.1) is 0 Å². The normalized spacial score (nSPS) is 11.9. The first kappa shape index (κ1) is 17.9. The minimum atomic E-state index is -0.448. The van der Waals surface area contributed by atoms with E-state index in [1.54, 1.807) is 29.1 Å². The summed E-state index contributed by atoms with van der Waals surface area (Å²) in [5.74, 6) is 0. The van der Waals surface area contributed by atoms with Crippen molar-refractivity contribution in [3.05, 3.63) is 97.7 Å². The molecule has 0 aliphatic rings. The predicted octanol–water partition coefficient (Wildman–Crippen LogP) is 2.46. The molecule has 0 fully saturated rings. The van der Waals surface area contributed by atoms with Gasteiger partial charge in [0.2, 0.25) is 4.96 Å². The molecular weight excluding hydrogens is 404 g/mol. The van der Waals surface area contributed by atoms with Crippen LogP contribution in [-0.4, -0.2) is 29.3 Å². The van der Waals surface area contributed by atoms with Crippen LogP contribution in [0.4, 0.5) is 5.69 Å². The van der Waals surface area contributed by atoms with Crippen LogP contribution >= 0.6 is 11.3 Å². The van der Waals surface area contributed by atoms with Gasteiger partial charge in [0, 0.05) is 29.5 Å². The van der Waals surface area contributed by atoms with Crippen LogP contribution in [-0.2, 0) is 0 Å². The Morgan fingerprint density at radius 3 is 2.70 bits per heavy atom. The predicted molar refractivity (Wildman–Crippen MR) is 112 cm³/mol. The van der Waals surface area contributed by atoms with E-state index in [0.29, 0.717) is 26.3 Å². The van der Waals surface area contributed by atoms with Gasteiger partial charge in [-0.2, -0.15) is 14.7 Å². The van der Waals surface area contributed by atoms with Crippen LogP contribution in [0, 0.1) is 10.1 Å². The number of nitrogens with zero attached hydrogens (tertiary/aromatic N) is 6. The lowest BCUT2D eigenvalue weighted by atomic mass is 10.1. The van der Waals surface area contributed by atoms with Crippen molar-refractivity contribution in [3.63, 3.8) is 0 Å². The quantitative estimate of drug-likeness (QED) is 0.329. The molecule has 0 atom stereocenters. The number of non-ortho nitro benzene ring substituents is 1. The lowest BCUT2D eigenvalue weighted by Crippen LogP contribution is -2.23. The summed E-state index contributed by atoms with van der Waals surface area (Å²) < 4.78 is 3.37. The molecule has 30 heavy (non-hydrogen) atoms. The van der Waals surface area contributed by atoms with Crippen molar-refractivity contribution < 1.29 is 4.92 Å². The molecule has 0 aliphatic carbocycles. The summed E-state index contributed by atoms with van der Waals surface area (Å²) in [5, 5.41) is 19.8. The first-order chi connectivity index (χ1) is 14.6. The zero-order valence-electron chi connectivity index (χ0n) is 15.2. The van der Waals surface area contributed by atoms with Crippen LogP contribution in [0.3, 0.4) is 0 Å². The van der Waals surface area contributed by atoms with E-state index in [4.69, 9.17) is 0 Å². The number of aromatic nitrogens is 5. The number of benzene rings is 2.